The Kier molecular flexibility index (Phi) is 2.87. The fraction of sp³-hybridized carbons (Fsp3) is 0.143. The van der Waals surface area contributed by atoms with Crippen molar-refractivity contribution in [3.8, 4) is 0 Å². The van der Waals surface area contributed by atoms with Gasteiger partial charge >= 0.3 is 0 Å². The van der Waals surface area contributed by atoms with Gasteiger partial charge in [0.2, 0.25) is 5.95 Å². The van der Waals surface area contributed by atoms with Crippen molar-refractivity contribution in [3.63, 3.8) is 0 Å². The van der Waals surface area contributed by atoms with Crippen LogP contribution in [-0.4, -0.2) is 14.5 Å². The molecule has 1 aromatic carbocycles. The van der Waals surface area contributed by atoms with Crippen molar-refractivity contribution in [3.05, 3.63) is 54.1 Å². The number of aryl methyl sites for hydroxylation is 1. The minimum atomic E-state index is -0.303. The van der Waals surface area contributed by atoms with Crippen molar-refractivity contribution in [2.75, 3.05) is 5.32 Å². The number of benzene rings is 1. The number of halogens is 1. The minimum Gasteiger partial charge on any atom is -0.351 e. The van der Waals surface area contributed by atoms with Gasteiger partial charge in [-0.25, -0.2) is 9.37 Å². The van der Waals surface area contributed by atoms with Crippen LogP contribution < -0.4 is 5.32 Å². The predicted molar refractivity (Wildman–Crippen MR) is 72.2 cm³/mol. The van der Waals surface area contributed by atoms with Gasteiger partial charge in [-0.05, 0) is 23.8 Å². The van der Waals surface area contributed by atoms with E-state index in [-0.39, 0.29) is 5.82 Å². The monoisotopic (exact) mass is 256 g/mol. The Balaban J connectivity index is 1.89. The summed E-state index contributed by atoms with van der Waals surface area (Å²) < 4.78 is 15.5. The molecule has 5 heteroatoms. The highest BCUT2D eigenvalue weighted by Crippen LogP contribution is 2.20. The first-order valence-corrected chi connectivity index (χ1v) is 5.99. The zero-order valence-electron chi connectivity index (χ0n) is 10.5. The maximum atomic E-state index is 13.6. The van der Waals surface area contributed by atoms with Gasteiger partial charge in [-0.3, -0.25) is 4.98 Å². The number of rotatable bonds is 3. The van der Waals surface area contributed by atoms with E-state index in [4.69, 9.17) is 0 Å². The first kappa shape index (κ1) is 11.6. The van der Waals surface area contributed by atoms with Crippen LogP contribution in [0, 0.1) is 5.82 Å². The van der Waals surface area contributed by atoms with E-state index in [1.165, 1.54) is 6.07 Å². The molecule has 1 N–H and O–H groups in total. The average Bonchev–Trinajstić information content (AvgIpc) is 2.77. The molecule has 3 aromatic rings. The Bertz CT molecular complexity index is 706. The quantitative estimate of drug-likeness (QED) is 0.783. The second-order valence-corrected chi connectivity index (χ2v) is 4.32. The number of imidazole rings is 1. The summed E-state index contributed by atoms with van der Waals surface area (Å²) in [4.78, 5) is 8.33. The second kappa shape index (κ2) is 4.68. The van der Waals surface area contributed by atoms with Crippen molar-refractivity contribution in [1.82, 2.24) is 14.5 Å². The molecule has 0 saturated carbocycles. The van der Waals surface area contributed by atoms with Gasteiger partial charge in [0.15, 0.2) is 5.82 Å². The lowest BCUT2D eigenvalue weighted by atomic mass is 10.3. The Morgan fingerprint density at radius 3 is 2.89 bits per heavy atom. The third-order valence-electron chi connectivity index (χ3n) is 3.04. The standard InChI is InChI=1S/C14H13FN4/c1-19-12-6-2-5-11(15)13(12)18-14(19)17-9-10-4-3-7-16-8-10/h2-8H,9H2,1H3,(H,17,18). The van der Waals surface area contributed by atoms with Crippen LogP contribution in [0.15, 0.2) is 42.7 Å². The highest BCUT2D eigenvalue weighted by atomic mass is 19.1. The molecule has 0 aliphatic heterocycles. The molecule has 0 bridgehead atoms. The summed E-state index contributed by atoms with van der Waals surface area (Å²) in [5, 5.41) is 3.19. The van der Waals surface area contributed by atoms with Crippen LogP contribution >= 0.6 is 0 Å². The maximum Gasteiger partial charge on any atom is 0.203 e. The summed E-state index contributed by atoms with van der Waals surface area (Å²) in [6.45, 7) is 0.604. The summed E-state index contributed by atoms with van der Waals surface area (Å²) in [7, 11) is 1.86. The number of nitrogens with zero attached hydrogens (tertiary/aromatic N) is 3. The van der Waals surface area contributed by atoms with Crippen molar-refractivity contribution in [2.45, 2.75) is 6.54 Å². The summed E-state index contributed by atoms with van der Waals surface area (Å²) in [6, 6.07) is 8.81. The Morgan fingerprint density at radius 2 is 2.16 bits per heavy atom. The molecule has 0 spiro atoms. The number of anilines is 1. The summed E-state index contributed by atoms with van der Waals surface area (Å²) in [5.74, 6) is 0.339. The van der Waals surface area contributed by atoms with Crippen LogP contribution in [0.5, 0.6) is 0 Å². The van der Waals surface area contributed by atoms with Crippen LogP contribution in [-0.2, 0) is 13.6 Å². The largest absolute Gasteiger partial charge is 0.351 e. The number of aromatic nitrogens is 3. The van der Waals surface area contributed by atoms with Crippen molar-refractivity contribution in [1.29, 1.82) is 0 Å². The normalized spacial score (nSPS) is 10.8. The first-order valence-electron chi connectivity index (χ1n) is 5.99. The molecule has 0 aliphatic carbocycles. The lowest BCUT2D eigenvalue weighted by Gasteiger charge is -2.05. The first-order chi connectivity index (χ1) is 9.25. The Morgan fingerprint density at radius 1 is 1.26 bits per heavy atom. The lowest BCUT2D eigenvalue weighted by molar-refractivity contribution is 0.637. The second-order valence-electron chi connectivity index (χ2n) is 4.32. The molecule has 0 fully saturated rings. The summed E-state index contributed by atoms with van der Waals surface area (Å²) >= 11 is 0. The molecule has 19 heavy (non-hydrogen) atoms. The highest BCUT2D eigenvalue weighted by Gasteiger charge is 2.10. The SMILES string of the molecule is Cn1c(NCc2cccnc2)nc2c(F)cccc21. The molecule has 0 amide bonds. The van der Waals surface area contributed by atoms with Crippen LogP contribution in [0.4, 0.5) is 10.3 Å². The Labute approximate surface area is 109 Å². The van der Waals surface area contributed by atoms with Gasteiger partial charge in [-0.2, -0.15) is 0 Å². The van der Waals surface area contributed by atoms with Crippen LogP contribution in [0.3, 0.4) is 0 Å². The van der Waals surface area contributed by atoms with Crippen LogP contribution in [0.2, 0.25) is 0 Å². The molecule has 0 radical (unpaired) electrons. The Hall–Kier alpha value is -2.43. The zero-order valence-corrected chi connectivity index (χ0v) is 10.5. The molecule has 3 rings (SSSR count). The smallest absolute Gasteiger partial charge is 0.203 e. The molecular weight excluding hydrogens is 243 g/mol. The zero-order chi connectivity index (χ0) is 13.2. The predicted octanol–water partition coefficient (Wildman–Crippen LogP) is 2.72. The van der Waals surface area contributed by atoms with E-state index in [0.29, 0.717) is 18.0 Å². The molecule has 0 atom stereocenters. The molecule has 0 unspecified atom stereocenters. The molecule has 4 nitrogen and oxygen atoms in total. The van der Waals surface area contributed by atoms with Gasteiger partial charge in [0.05, 0.1) is 5.52 Å². The number of pyridine rings is 1. The number of para-hydroxylation sites is 1. The van der Waals surface area contributed by atoms with E-state index in [1.54, 1.807) is 18.5 Å². The van der Waals surface area contributed by atoms with Gasteiger partial charge in [0, 0.05) is 26.0 Å². The topological polar surface area (TPSA) is 42.7 Å². The van der Waals surface area contributed by atoms with Gasteiger partial charge in [-0.1, -0.05) is 12.1 Å². The fourth-order valence-electron chi connectivity index (χ4n) is 2.02. The number of hydrogen-bond acceptors (Lipinski definition) is 3. The third kappa shape index (κ3) is 2.14. The maximum absolute atomic E-state index is 13.6. The van der Waals surface area contributed by atoms with Crippen LogP contribution in [0.25, 0.3) is 11.0 Å². The number of hydrogen-bond donors (Lipinski definition) is 1. The van der Waals surface area contributed by atoms with Gasteiger partial charge < -0.3 is 9.88 Å². The fourth-order valence-corrected chi connectivity index (χ4v) is 2.02. The molecule has 0 aliphatic rings. The average molecular weight is 256 g/mol. The van der Waals surface area contributed by atoms with Gasteiger partial charge in [0.25, 0.3) is 0 Å². The van der Waals surface area contributed by atoms with E-state index in [9.17, 15) is 4.39 Å². The molecule has 0 saturated heterocycles. The van der Waals surface area contributed by atoms with Crippen molar-refractivity contribution in [2.24, 2.45) is 7.05 Å². The molecule has 96 valence electrons. The molecular formula is C14H13FN4. The summed E-state index contributed by atoms with van der Waals surface area (Å²) in [6.07, 6.45) is 3.52. The van der Waals surface area contributed by atoms with Gasteiger partial charge in [0.1, 0.15) is 5.52 Å². The van der Waals surface area contributed by atoms with E-state index < -0.39 is 0 Å². The number of fused-ring (bicyclic) bond motifs is 1. The van der Waals surface area contributed by atoms with E-state index >= 15 is 0 Å². The van der Waals surface area contributed by atoms with E-state index in [2.05, 4.69) is 15.3 Å². The van der Waals surface area contributed by atoms with Crippen molar-refractivity contribution < 1.29 is 4.39 Å². The van der Waals surface area contributed by atoms with Crippen LogP contribution in [0.1, 0.15) is 5.56 Å². The van der Waals surface area contributed by atoms with Gasteiger partial charge in [-0.15, -0.1) is 0 Å². The van der Waals surface area contributed by atoms with E-state index in [1.807, 2.05) is 29.8 Å². The minimum absolute atomic E-state index is 0.303. The van der Waals surface area contributed by atoms with E-state index in [0.717, 1.165) is 11.1 Å². The molecule has 2 aromatic heterocycles. The third-order valence-corrected chi connectivity index (χ3v) is 3.04. The summed E-state index contributed by atoms with van der Waals surface area (Å²) in [5.41, 5.74) is 2.21. The van der Waals surface area contributed by atoms with Crippen molar-refractivity contribution >= 4 is 17.0 Å². The number of nitrogens with one attached hydrogen (secondary N) is 1. The highest BCUT2D eigenvalue weighted by molar-refractivity contribution is 5.79. The molecule has 2 heterocycles. The lowest BCUT2D eigenvalue weighted by Crippen LogP contribution is -2.04.